The van der Waals surface area contributed by atoms with Crippen LogP contribution in [0.5, 0.6) is 0 Å². The molecule has 0 amide bonds. The van der Waals surface area contributed by atoms with Gasteiger partial charge < -0.3 is 10.4 Å². The zero-order valence-electron chi connectivity index (χ0n) is 6.06. The molecule has 13 heavy (non-hydrogen) atoms. The summed E-state index contributed by atoms with van der Waals surface area (Å²) in [5.41, 5.74) is 0. The first-order valence-corrected chi connectivity index (χ1v) is 4.30. The third-order valence-corrected chi connectivity index (χ3v) is 0. The third kappa shape index (κ3) is 523. The third-order valence-electron chi connectivity index (χ3n) is 0. The fourth-order valence-corrected chi connectivity index (χ4v) is 0. The van der Waals surface area contributed by atoms with Gasteiger partial charge in [-0.2, -0.15) is 0 Å². The van der Waals surface area contributed by atoms with E-state index < -0.39 is 23.6 Å². The molecule has 0 bridgehead atoms. The Morgan fingerprint density at radius 3 is 0.923 bits per heavy atom. The van der Waals surface area contributed by atoms with Gasteiger partial charge in [0.15, 0.2) is 0 Å². The molecule has 0 aromatic carbocycles. The second-order valence-electron chi connectivity index (χ2n) is 1.14. The molecule has 10 N–H and O–H groups in total. The molecule has 12 nitrogen and oxygen atoms in total. The van der Waals surface area contributed by atoms with E-state index in [-0.39, 0.29) is 0 Å². The molecule has 85 valence electrons. The Kier molecular flexibility index (Phi) is 12.1. The Bertz CT molecular complexity index is 124. The van der Waals surface area contributed by atoms with Crippen molar-refractivity contribution < 1.29 is 34.1 Å². The minimum absolute atomic E-state index is 1.50. The Labute approximate surface area is 74.3 Å². The number of nitrogens with two attached hydrogens (primary N) is 4. The molecular weight excluding hydrogens is 239 g/mol. The van der Waals surface area contributed by atoms with Crippen molar-refractivity contribution >= 4 is 0 Å². The molecular formula is H10CoN6O6. The zero-order chi connectivity index (χ0) is 11.7. The summed E-state index contributed by atoms with van der Waals surface area (Å²) in [6.07, 6.45) is 0. The van der Waals surface area contributed by atoms with E-state index in [2.05, 4.69) is 0 Å². The molecule has 0 aliphatic carbocycles. The molecule has 0 fully saturated rings. The Morgan fingerprint density at radius 2 is 0.923 bits per heavy atom. The Balaban J connectivity index is -0.000000117. The standard InChI is InChI=1S/Co.2HNO3.4H2N/c;2*2-1(3)4;;;;/h;2*(H,2,3,4);4*1H2/q+4;;;4*-1. The molecule has 0 saturated carbocycles. The summed E-state index contributed by atoms with van der Waals surface area (Å²) in [5, 5.41) is 27.3. The Hall–Kier alpha value is -1.25. The van der Waals surface area contributed by atoms with E-state index in [0.717, 1.165) is 0 Å². The van der Waals surface area contributed by atoms with E-state index in [1.807, 2.05) is 0 Å². The summed E-state index contributed by atoms with van der Waals surface area (Å²) in [6, 6.07) is 0. The predicted octanol–water partition coefficient (Wildman–Crippen LogP) is -3.06. The number of nitrogens with zero attached hydrogens (tertiary/aromatic N) is 2. The van der Waals surface area contributed by atoms with Crippen molar-refractivity contribution in [3.63, 3.8) is 0 Å². The molecule has 0 aromatic heterocycles. The van der Waals surface area contributed by atoms with Gasteiger partial charge in [-0.1, -0.05) is 0 Å². The molecule has 0 heterocycles. The molecule has 13 heteroatoms. The molecule has 0 aliphatic rings. The van der Waals surface area contributed by atoms with Crippen molar-refractivity contribution in [1.82, 2.24) is 0 Å². The van der Waals surface area contributed by atoms with Gasteiger partial charge in [-0.3, -0.25) is 0 Å². The van der Waals surface area contributed by atoms with Gasteiger partial charge in [-0.25, -0.2) is 0 Å². The van der Waals surface area contributed by atoms with Crippen LogP contribution in [0.15, 0.2) is 0 Å². The van der Waals surface area contributed by atoms with Crippen LogP contribution in [0.1, 0.15) is 0 Å². The average molecular weight is 249 g/mol. The molecule has 0 aromatic rings. The molecule has 0 unspecified atom stereocenters. The fraction of sp³-hybridized carbons (Fsp3) is 0. The summed E-state index contributed by atoms with van der Waals surface area (Å²) in [4.78, 5) is 35.9. The van der Waals surface area contributed by atoms with Crippen LogP contribution in [0, 0.1) is 20.2 Å². The number of hydrogen-bond donors (Lipinski definition) is 6. The maximum absolute atomic E-state index is 8.36. The van der Waals surface area contributed by atoms with Gasteiger partial charge in [0.1, 0.15) is 0 Å². The van der Waals surface area contributed by atoms with Gasteiger partial charge in [0, 0.05) is 0 Å². The topological polar surface area (TPSA) is 231 Å². The second-order valence-corrected chi connectivity index (χ2v) is 3.22. The van der Waals surface area contributed by atoms with Crippen molar-refractivity contribution in [3.05, 3.63) is 20.2 Å². The van der Waals surface area contributed by atoms with E-state index in [1.54, 1.807) is 0 Å². The van der Waals surface area contributed by atoms with Crippen molar-refractivity contribution in [2.45, 2.75) is 0 Å². The van der Waals surface area contributed by atoms with Gasteiger partial charge >= 0.3 is 32.6 Å². The zero-order valence-corrected chi connectivity index (χ0v) is 7.11. The van der Waals surface area contributed by atoms with Gasteiger partial charge in [0.25, 0.3) is 10.2 Å². The SMILES string of the molecule is O=[N+]([O-])O.O=[N+]([O-])O.[NH2][Co]([NH2])([NH2])[NH2]. The van der Waals surface area contributed by atoms with Gasteiger partial charge in [0.05, 0.1) is 0 Å². The van der Waals surface area contributed by atoms with Crippen LogP contribution >= 0.6 is 0 Å². The van der Waals surface area contributed by atoms with E-state index in [1.165, 1.54) is 0 Å². The van der Waals surface area contributed by atoms with Crippen LogP contribution in [0.3, 0.4) is 0 Å². The molecule has 0 rings (SSSR count). The molecule has 0 aliphatic heterocycles. The second kappa shape index (κ2) is 8.84. The first-order valence-electron chi connectivity index (χ1n) is 1.90. The maximum atomic E-state index is 8.36. The van der Waals surface area contributed by atoms with Crippen molar-refractivity contribution in [3.8, 4) is 0 Å². The van der Waals surface area contributed by atoms with Crippen molar-refractivity contribution in [2.24, 2.45) is 19.1 Å². The predicted molar refractivity (Wildman–Crippen MR) is 34.3 cm³/mol. The van der Waals surface area contributed by atoms with Crippen molar-refractivity contribution in [2.75, 3.05) is 0 Å². The van der Waals surface area contributed by atoms with Gasteiger partial charge in [0.2, 0.25) is 0 Å². The van der Waals surface area contributed by atoms with Crippen LogP contribution < -0.4 is 19.1 Å². The van der Waals surface area contributed by atoms with E-state index in [4.69, 9.17) is 49.8 Å². The Morgan fingerprint density at radius 1 is 0.923 bits per heavy atom. The van der Waals surface area contributed by atoms with Crippen LogP contribution in [-0.4, -0.2) is 20.6 Å². The summed E-state index contributed by atoms with van der Waals surface area (Å²) >= 11 is -2.38. The first-order chi connectivity index (χ1) is 5.46. The van der Waals surface area contributed by atoms with E-state index in [9.17, 15) is 0 Å². The van der Waals surface area contributed by atoms with E-state index in [0.29, 0.717) is 0 Å². The van der Waals surface area contributed by atoms with Crippen LogP contribution in [0.25, 0.3) is 0 Å². The molecule has 0 spiro atoms. The summed E-state index contributed by atoms with van der Waals surface area (Å²) < 4.78 is 0. The average Bonchev–Trinajstić information content (AvgIpc) is 1.50. The van der Waals surface area contributed by atoms with E-state index >= 15 is 0 Å². The number of hydrogen-bond acceptors (Lipinski definition) is 8. The van der Waals surface area contributed by atoms with Crippen LogP contribution in [0.4, 0.5) is 0 Å². The minimum atomic E-state index is -2.38. The van der Waals surface area contributed by atoms with Crippen molar-refractivity contribution in [1.29, 1.82) is 0 Å². The first kappa shape index (κ1) is 17.7. The number of rotatable bonds is 0. The van der Waals surface area contributed by atoms with Gasteiger partial charge in [-0.15, -0.1) is 20.2 Å². The van der Waals surface area contributed by atoms with Crippen LogP contribution in [0.2, 0.25) is 0 Å². The van der Waals surface area contributed by atoms with Crippen LogP contribution in [-0.2, 0) is 13.5 Å². The quantitative estimate of drug-likeness (QED) is 0.187. The summed E-state index contributed by atoms with van der Waals surface area (Å²) in [6.45, 7) is 0. The monoisotopic (exact) mass is 249 g/mol. The molecule has 0 saturated heterocycles. The normalized spacial score (nSPS) is 9.54. The van der Waals surface area contributed by atoms with Gasteiger partial charge in [-0.05, 0) is 0 Å². The fourth-order valence-electron chi connectivity index (χ4n) is 0. The summed E-state index contributed by atoms with van der Waals surface area (Å²) in [7, 11) is 0. The molecule has 0 radical (unpaired) electrons. The summed E-state index contributed by atoms with van der Waals surface area (Å²) in [5.74, 6) is 0. The molecule has 0 atom stereocenters.